The highest BCUT2D eigenvalue weighted by molar-refractivity contribution is 6.13. The monoisotopic (exact) mass is 414 g/mol. The fraction of sp³-hybridized carbons (Fsp3) is 0.0833. The van der Waals surface area contributed by atoms with Crippen molar-refractivity contribution in [2.75, 3.05) is 0 Å². The molecule has 3 aromatic rings. The number of nitrogens with zero attached hydrogens (tertiary/aromatic N) is 2. The molecule has 0 atom stereocenters. The number of nitro groups is 1. The Balaban J connectivity index is 1.63. The summed E-state index contributed by atoms with van der Waals surface area (Å²) >= 11 is 0. The molecule has 3 aromatic carbocycles. The number of hydrogen-bond donors (Lipinski definition) is 0. The van der Waals surface area contributed by atoms with E-state index < -0.39 is 10.9 Å². The van der Waals surface area contributed by atoms with Crippen molar-refractivity contribution in [3.63, 3.8) is 0 Å². The van der Waals surface area contributed by atoms with Crippen LogP contribution in [-0.2, 0) is 16.1 Å². The number of rotatable bonds is 6. The minimum absolute atomic E-state index is 0.0418. The fourth-order valence-corrected chi connectivity index (χ4v) is 3.19. The second kappa shape index (κ2) is 8.62. The van der Waals surface area contributed by atoms with Crippen molar-refractivity contribution in [3.05, 3.63) is 111 Å². The molecule has 0 N–H and O–H groups in total. The fourth-order valence-electron chi connectivity index (χ4n) is 3.19. The third-order valence-electron chi connectivity index (χ3n) is 4.80. The Hall–Kier alpha value is -4.26. The SMILES string of the molecule is Cc1c(C2=N/C(=C\c3ccccc3OCc3ccccc3)C(=O)O2)cccc1[N+](=O)[O-]. The maximum Gasteiger partial charge on any atom is 0.363 e. The smallest absolute Gasteiger partial charge is 0.363 e. The second-order valence-electron chi connectivity index (χ2n) is 6.85. The molecule has 1 aliphatic rings. The molecule has 0 aromatic heterocycles. The molecule has 0 radical (unpaired) electrons. The lowest BCUT2D eigenvalue weighted by molar-refractivity contribution is -0.385. The summed E-state index contributed by atoms with van der Waals surface area (Å²) in [4.78, 5) is 27.4. The van der Waals surface area contributed by atoms with Gasteiger partial charge in [0.25, 0.3) is 5.69 Å². The van der Waals surface area contributed by atoms with Crippen LogP contribution in [0, 0.1) is 17.0 Å². The van der Waals surface area contributed by atoms with Crippen molar-refractivity contribution in [3.8, 4) is 5.75 Å². The van der Waals surface area contributed by atoms with E-state index >= 15 is 0 Å². The maximum absolute atomic E-state index is 12.4. The van der Waals surface area contributed by atoms with Crippen LogP contribution >= 0.6 is 0 Å². The lowest BCUT2D eigenvalue weighted by atomic mass is 10.1. The Kier molecular flexibility index (Phi) is 5.57. The van der Waals surface area contributed by atoms with E-state index in [-0.39, 0.29) is 17.3 Å². The van der Waals surface area contributed by atoms with Crippen LogP contribution < -0.4 is 4.74 Å². The van der Waals surface area contributed by atoms with Gasteiger partial charge in [0.2, 0.25) is 5.90 Å². The van der Waals surface area contributed by atoms with Crippen molar-refractivity contribution < 1.29 is 19.2 Å². The number of aliphatic imine (C=N–C) groups is 1. The quantitative estimate of drug-likeness (QED) is 0.249. The molecule has 0 saturated heterocycles. The van der Waals surface area contributed by atoms with Crippen LogP contribution in [0.25, 0.3) is 6.08 Å². The molecule has 0 amide bonds. The molecule has 31 heavy (non-hydrogen) atoms. The van der Waals surface area contributed by atoms with Gasteiger partial charge in [-0.15, -0.1) is 0 Å². The Bertz CT molecular complexity index is 1220. The van der Waals surface area contributed by atoms with Gasteiger partial charge in [0, 0.05) is 22.8 Å². The topological polar surface area (TPSA) is 91.0 Å². The number of hydrogen-bond acceptors (Lipinski definition) is 6. The molecule has 4 rings (SSSR count). The standard InChI is InChI=1S/C24H18N2O5/c1-16-19(11-7-12-21(16)26(28)29)23-25-20(24(27)31-23)14-18-10-5-6-13-22(18)30-15-17-8-3-2-4-9-17/h2-14H,15H2,1H3/b20-14-. The van der Waals surface area contributed by atoms with E-state index in [0.29, 0.717) is 29.0 Å². The minimum atomic E-state index is -0.626. The van der Waals surface area contributed by atoms with E-state index in [1.165, 1.54) is 12.1 Å². The largest absolute Gasteiger partial charge is 0.488 e. The molecule has 7 heteroatoms. The number of nitro benzene ring substituents is 1. The highest BCUT2D eigenvalue weighted by Gasteiger charge is 2.27. The van der Waals surface area contributed by atoms with Crippen LogP contribution in [0.1, 0.15) is 22.3 Å². The first-order valence-corrected chi connectivity index (χ1v) is 9.55. The Morgan fingerprint density at radius 1 is 1.03 bits per heavy atom. The normalized spacial score (nSPS) is 14.3. The average Bonchev–Trinajstić information content (AvgIpc) is 3.13. The molecule has 0 aliphatic carbocycles. The summed E-state index contributed by atoms with van der Waals surface area (Å²) in [7, 11) is 0. The molecule has 0 spiro atoms. The molecule has 1 aliphatic heterocycles. The number of carbonyl (C=O) groups is 1. The third-order valence-corrected chi connectivity index (χ3v) is 4.80. The number of esters is 1. The zero-order valence-electron chi connectivity index (χ0n) is 16.6. The highest BCUT2D eigenvalue weighted by Crippen LogP contribution is 2.28. The molecule has 0 bridgehead atoms. The van der Waals surface area contributed by atoms with Crippen molar-refractivity contribution in [1.29, 1.82) is 0 Å². The van der Waals surface area contributed by atoms with E-state index in [9.17, 15) is 14.9 Å². The zero-order chi connectivity index (χ0) is 21.8. The van der Waals surface area contributed by atoms with Crippen molar-refractivity contribution >= 4 is 23.6 Å². The van der Waals surface area contributed by atoms with Gasteiger partial charge in [-0.2, -0.15) is 0 Å². The lowest BCUT2D eigenvalue weighted by Crippen LogP contribution is -2.08. The van der Waals surface area contributed by atoms with Gasteiger partial charge < -0.3 is 9.47 Å². The first-order valence-electron chi connectivity index (χ1n) is 9.55. The van der Waals surface area contributed by atoms with E-state index in [0.717, 1.165) is 5.56 Å². The summed E-state index contributed by atoms with van der Waals surface area (Å²) in [6.07, 6.45) is 1.59. The summed E-state index contributed by atoms with van der Waals surface area (Å²) in [5, 5.41) is 11.2. The van der Waals surface area contributed by atoms with E-state index in [2.05, 4.69) is 4.99 Å². The summed E-state index contributed by atoms with van der Waals surface area (Å²) in [5.41, 5.74) is 2.51. The summed E-state index contributed by atoms with van der Waals surface area (Å²) < 4.78 is 11.2. The van der Waals surface area contributed by atoms with E-state index in [4.69, 9.17) is 9.47 Å². The van der Waals surface area contributed by atoms with Crippen LogP contribution in [-0.4, -0.2) is 16.8 Å². The summed E-state index contributed by atoms with van der Waals surface area (Å²) in [6, 6.07) is 21.6. The van der Waals surface area contributed by atoms with Crippen molar-refractivity contribution in [1.82, 2.24) is 0 Å². The number of benzene rings is 3. The average molecular weight is 414 g/mol. The zero-order valence-corrected chi connectivity index (χ0v) is 16.6. The van der Waals surface area contributed by atoms with Crippen LogP contribution in [0.2, 0.25) is 0 Å². The van der Waals surface area contributed by atoms with Crippen LogP contribution in [0.15, 0.2) is 83.5 Å². The van der Waals surface area contributed by atoms with Gasteiger partial charge in [-0.3, -0.25) is 10.1 Å². The van der Waals surface area contributed by atoms with Gasteiger partial charge in [-0.25, -0.2) is 9.79 Å². The van der Waals surface area contributed by atoms with Crippen molar-refractivity contribution in [2.24, 2.45) is 4.99 Å². The predicted molar refractivity (Wildman–Crippen MR) is 116 cm³/mol. The minimum Gasteiger partial charge on any atom is -0.488 e. The molecule has 154 valence electrons. The van der Waals surface area contributed by atoms with Gasteiger partial charge in [0.15, 0.2) is 5.70 Å². The second-order valence-corrected chi connectivity index (χ2v) is 6.85. The van der Waals surface area contributed by atoms with Crippen molar-refractivity contribution in [2.45, 2.75) is 13.5 Å². The first-order chi connectivity index (χ1) is 15.0. The maximum atomic E-state index is 12.4. The van der Waals surface area contributed by atoms with Gasteiger partial charge in [0.1, 0.15) is 12.4 Å². The highest BCUT2D eigenvalue weighted by atomic mass is 16.6. The molecule has 0 fully saturated rings. The van der Waals surface area contributed by atoms with Crippen LogP contribution in [0.4, 0.5) is 5.69 Å². The van der Waals surface area contributed by atoms with Gasteiger partial charge in [-0.1, -0.05) is 54.6 Å². The molecular formula is C24H18N2O5. The number of cyclic esters (lactones) is 1. The van der Waals surface area contributed by atoms with E-state index in [1.807, 2.05) is 54.6 Å². The molecule has 7 nitrogen and oxygen atoms in total. The first kappa shape index (κ1) is 20.0. The van der Waals surface area contributed by atoms with Crippen LogP contribution in [0.5, 0.6) is 5.75 Å². The summed E-state index contributed by atoms with van der Waals surface area (Å²) in [6.45, 7) is 1.98. The van der Waals surface area contributed by atoms with Gasteiger partial charge >= 0.3 is 5.97 Å². The third kappa shape index (κ3) is 4.35. The molecule has 0 unspecified atom stereocenters. The molecule has 0 saturated carbocycles. The molecule has 1 heterocycles. The van der Waals surface area contributed by atoms with E-state index in [1.54, 1.807) is 19.1 Å². The Morgan fingerprint density at radius 2 is 1.77 bits per heavy atom. The summed E-state index contributed by atoms with van der Waals surface area (Å²) in [5.74, 6) is 0.0146. The van der Waals surface area contributed by atoms with Gasteiger partial charge in [-0.05, 0) is 30.7 Å². The lowest BCUT2D eigenvalue weighted by Gasteiger charge is -2.09. The van der Waals surface area contributed by atoms with Gasteiger partial charge in [0.05, 0.1) is 4.92 Å². The number of para-hydroxylation sites is 1. The Morgan fingerprint density at radius 3 is 2.55 bits per heavy atom. The van der Waals surface area contributed by atoms with Crippen LogP contribution in [0.3, 0.4) is 0 Å². The number of carbonyl (C=O) groups excluding carboxylic acids is 1. The molecular weight excluding hydrogens is 396 g/mol. The predicted octanol–water partition coefficient (Wildman–Crippen LogP) is 4.83. The number of ether oxygens (including phenoxy) is 2. The Labute approximate surface area is 178 Å².